The van der Waals surface area contributed by atoms with Gasteiger partial charge < -0.3 is 15.8 Å². The Hall–Kier alpha value is -2.24. The van der Waals surface area contributed by atoms with Crippen LogP contribution in [0.3, 0.4) is 0 Å². The molecule has 2 amide bonds. The molecule has 0 aliphatic rings. The molecule has 0 atom stereocenters. The van der Waals surface area contributed by atoms with Crippen LogP contribution in [0.25, 0.3) is 0 Å². The van der Waals surface area contributed by atoms with Crippen molar-refractivity contribution in [2.45, 2.75) is 34.1 Å². The number of nitrogens with zero attached hydrogens (tertiary/aromatic N) is 1. The highest BCUT2D eigenvalue weighted by atomic mass is 16.5. The molecule has 0 heterocycles. The summed E-state index contributed by atoms with van der Waals surface area (Å²) in [6.45, 7) is 8.65. The van der Waals surface area contributed by atoms with E-state index in [1.54, 1.807) is 0 Å². The summed E-state index contributed by atoms with van der Waals surface area (Å²) in [6.07, 6.45) is 0.898. The molecule has 6 nitrogen and oxygen atoms in total. The summed E-state index contributed by atoms with van der Waals surface area (Å²) < 4.78 is 5.68. The van der Waals surface area contributed by atoms with E-state index < -0.39 is 6.03 Å². The second-order valence-electron chi connectivity index (χ2n) is 4.76. The van der Waals surface area contributed by atoms with Crippen LogP contribution in [0.2, 0.25) is 0 Å². The number of hydrogen-bond acceptors (Lipinski definition) is 3. The number of nitrogens with two attached hydrogens (primary N) is 1. The van der Waals surface area contributed by atoms with E-state index in [0.29, 0.717) is 24.6 Å². The topological polar surface area (TPSA) is 91.4 Å². The van der Waals surface area contributed by atoms with Crippen molar-refractivity contribution in [3.05, 3.63) is 23.3 Å². The van der Waals surface area contributed by atoms with E-state index in [-0.39, 0.29) is 5.96 Å². The molecule has 0 saturated heterocycles. The predicted octanol–water partition coefficient (Wildman–Crippen LogP) is 2.52. The van der Waals surface area contributed by atoms with Gasteiger partial charge in [-0.3, -0.25) is 5.41 Å². The summed E-state index contributed by atoms with van der Waals surface area (Å²) in [5, 5.41) is 10.4. The van der Waals surface area contributed by atoms with Crippen LogP contribution in [0.15, 0.2) is 12.1 Å². The zero-order valence-corrected chi connectivity index (χ0v) is 13.1. The monoisotopic (exact) mass is 292 g/mol. The first-order valence-electron chi connectivity index (χ1n) is 7.08. The van der Waals surface area contributed by atoms with Crippen LogP contribution in [0, 0.1) is 19.3 Å². The first-order valence-corrected chi connectivity index (χ1v) is 7.08. The molecule has 0 saturated carbocycles. The lowest BCUT2D eigenvalue weighted by molar-refractivity contribution is 0.249. The SMILES string of the molecule is CCCOc1ccc(C)c(N(C(=N)N)C(=O)NCC)c1C. The first-order chi connectivity index (χ1) is 9.93. The Morgan fingerprint density at radius 2 is 2.05 bits per heavy atom. The van der Waals surface area contributed by atoms with Crippen molar-refractivity contribution in [3.63, 3.8) is 0 Å². The van der Waals surface area contributed by atoms with Gasteiger partial charge in [0.2, 0.25) is 5.96 Å². The van der Waals surface area contributed by atoms with Crippen molar-refractivity contribution >= 4 is 17.7 Å². The number of urea groups is 1. The summed E-state index contributed by atoms with van der Waals surface area (Å²) in [5.41, 5.74) is 7.85. The Morgan fingerprint density at radius 3 is 2.57 bits per heavy atom. The lowest BCUT2D eigenvalue weighted by Gasteiger charge is -2.25. The molecule has 0 aliphatic heterocycles. The van der Waals surface area contributed by atoms with E-state index >= 15 is 0 Å². The minimum atomic E-state index is -0.413. The molecule has 1 aromatic rings. The first kappa shape index (κ1) is 16.8. The lowest BCUT2D eigenvalue weighted by atomic mass is 10.1. The zero-order valence-electron chi connectivity index (χ0n) is 13.1. The number of benzene rings is 1. The fourth-order valence-corrected chi connectivity index (χ4v) is 2.09. The summed E-state index contributed by atoms with van der Waals surface area (Å²) in [6, 6.07) is 3.33. The van der Waals surface area contributed by atoms with Crippen molar-refractivity contribution in [2.24, 2.45) is 5.73 Å². The number of carbonyl (C=O) groups excluding carboxylic acids is 1. The molecule has 0 aromatic heterocycles. The Bertz CT molecular complexity index is 529. The molecule has 0 bridgehead atoms. The van der Waals surface area contributed by atoms with E-state index in [0.717, 1.165) is 17.5 Å². The van der Waals surface area contributed by atoms with Gasteiger partial charge in [0.05, 0.1) is 12.3 Å². The van der Waals surface area contributed by atoms with Gasteiger partial charge in [-0.2, -0.15) is 0 Å². The third-order valence-electron chi connectivity index (χ3n) is 3.04. The molecule has 0 radical (unpaired) electrons. The predicted molar refractivity (Wildman–Crippen MR) is 85.2 cm³/mol. The number of amides is 2. The fraction of sp³-hybridized carbons (Fsp3) is 0.467. The number of guanidine groups is 1. The zero-order chi connectivity index (χ0) is 16.0. The van der Waals surface area contributed by atoms with E-state index in [1.807, 2.05) is 39.8 Å². The summed E-state index contributed by atoms with van der Waals surface area (Å²) >= 11 is 0. The molecule has 116 valence electrons. The highest BCUT2D eigenvalue weighted by Gasteiger charge is 2.23. The van der Waals surface area contributed by atoms with Gasteiger partial charge in [-0.1, -0.05) is 13.0 Å². The molecule has 0 spiro atoms. The smallest absolute Gasteiger partial charge is 0.328 e. The van der Waals surface area contributed by atoms with E-state index in [2.05, 4.69) is 5.32 Å². The third-order valence-corrected chi connectivity index (χ3v) is 3.04. The summed E-state index contributed by atoms with van der Waals surface area (Å²) in [5.74, 6) is 0.382. The standard InChI is InChI=1S/C15H24N4O2/c1-5-9-21-12-8-7-10(3)13(11(12)4)19(14(16)17)15(20)18-6-2/h7-8H,5-6,9H2,1-4H3,(H3,16,17)(H,18,20). The minimum absolute atomic E-state index is 0.320. The number of carbonyl (C=O) groups is 1. The van der Waals surface area contributed by atoms with Gasteiger partial charge >= 0.3 is 6.03 Å². The van der Waals surface area contributed by atoms with Gasteiger partial charge in [-0.05, 0) is 38.8 Å². The van der Waals surface area contributed by atoms with Crippen molar-refractivity contribution in [1.82, 2.24) is 5.32 Å². The Balaban J connectivity index is 3.30. The van der Waals surface area contributed by atoms with Crippen LogP contribution in [0.1, 0.15) is 31.4 Å². The Kier molecular flexibility index (Phi) is 6.02. The van der Waals surface area contributed by atoms with Crippen LogP contribution in [-0.2, 0) is 0 Å². The molecule has 0 fully saturated rings. The molecule has 21 heavy (non-hydrogen) atoms. The highest BCUT2D eigenvalue weighted by Crippen LogP contribution is 2.32. The maximum absolute atomic E-state index is 12.2. The average Bonchev–Trinajstić information content (AvgIpc) is 2.42. The molecule has 1 aromatic carbocycles. The van der Waals surface area contributed by atoms with E-state index in [9.17, 15) is 4.79 Å². The Morgan fingerprint density at radius 1 is 1.38 bits per heavy atom. The van der Waals surface area contributed by atoms with Crippen LogP contribution in [-0.4, -0.2) is 25.1 Å². The lowest BCUT2D eigenvalue weighted by Crippen LogP contribution is -2.47. The number of nitrogens with one attached hydrogen (secondary N) is 2. The molecule has 4 N–H and O–H groups in total. The second-order valence-corrected chi connectivity index (χ2v) is 4.76. The number of ether oxygens (including phenoxy) is 1. The molecule has 6 heteroatoms. The van der Waals surface area contributed by atoms with Crippen molar-refractivity contribution in [2.75, 3.05) is 18.1 Å². The van der Waals surface area contributed by atoms with Crippen LogP contribution < -0.4 is 20.7 Å². The highest BCUT2D eigenvalue weighted by molar-refractivity contribution is 6.14. The quantitative estimate of drug-likeness (QED) is 0.575. The van der Waals surface area contributed by atoms with E-state index in [1.165, 1.54) is 4.90 Å². The minimum Gasteiger partial charge on any atom is -0.493 e. The normalized spacial score (nSPS) is 10.1. The van der Waals surface area contributed by atoms with E-state index in [4.69, 9.17) is 15.9 Å². The van der Waals surface area contributed by atoms with Crippen molar-refractivity contribution < 1.29 is 9.53 Å². The summed E-state index contributed by atoms with van der Waals surface area (Å²) in [7, 11) is 0. The number of hydrogen-bond donors (Lipinski definition) is 3. The van der Waals surface area contributed by atoms with Crippen molar-refractivity contribution in [3.8, 4) is 5.75 Å². The van der Waals surface area contributed by atoms with Crippen LogP contribution >= 0.6 is 0 Å². The second kappa shape index (κ2) is 7.52. The van der Waals surface area contributed by atoms with Crippen LogP contribution in [0.5, 0.6) is 5.75 Å². The number of rotatable bonds is 5. The maximum atomic E-state index is 12.2. The van der Waals surface area contributed by atoms with Gasteiger partial charge in [0.15, 0.2) is 0 Å². The number of anilines is 1. The van der Waals surface area contributed by atoms with Crippen molar-refractivity contribution in [1.29, 1.82) is 5.41 Å². The maximum Gasteiger partial charge on any atom is 0.328 e. The third kappa shape index (κ3) is 3.87. The largest absolute Gasteiger partial charge is 0.493 e. The fourth-order valence-electron chi connectivity index (χ4n) is 2.09. The Labute approximate surface area is 125 Å². The molecule has 0 aliphatic carbocycles. The van der Waals surface area contributed by atoms with Gasteiger partial charge in [0, 0.05) is 12.1 Å². The molecule has 0 unspecified atom stereocenters. The number of aryl methyl sites for hydroxylation is 1. The molecular weight excluding hydrogens is 268 g/mol. The van der Waals surface area contributed by atoms with Gasteiger partial charge in [-0.25, -0.2) is 9.69 Å². The molecule has 1 rings (SSSR count). The van der Waals surface area contributed by atoms with Gasteiger partial charge in [-0.15, -0.1) is 0 Å². The van der Waals surface area contributed by atoms with Crippen LogP contribution in [0.4, 0.5) is 10.5 Å². The molecular formula is C15H24N4O2. The van der Waals surface area contributed by atoms with Gasteiger partial charge in [0.25, 0.3) is 0 Å². The average molecular weight is 292 g/mol. The van der Waals surface area contributed by atoms with Gasteiger partial charge in [0.1, 0.15) is 5.75 Å². The summed E-state index contributed by atoms with van der Waals surface area (Å²) in [4.78, 5) is 13.3.